The third-order valence-electron chi connectivity index (χ3n) is 4.41. The second-order valence-electron chi connectivity index (χ2n) is 6.92. The van der Waals surface area contributed by atoms with Crippen molar-refractivity contribution in [3.63, 3.8) is 0 Å². The highest BCUT2D eigenvalue weighted by Gasteiger charge is 2.48. The summed E-state index contributed by atoms with van der Waals surface area (Å²) in [7, 11) is 1.34. The van der Waals surface area contributed by atoms with E-state index in [1.807, 2.05) is 32.9 Å². The van der Waals surface area contributed by atoms with Gasteiger partial charge in [0.05, 0.1) is 19.3 Å². The molecule has 132 valence electrons. The number of pyridine rings is 1. The molecule has 1 aliphatic heterocycles. The average Bonchev–Trinajstić information content (AvgIpc) is 2.52. The van der Waals surface area contributed by atoms with Gasteiger partial charge in [-0.3, -0.25) is 9.78 Å². The number of hydrogen-bond acceptors (Lipinski definition) is 5. The molecule has 6 nitrogen and oxygen atoms in total. The zero-order valence-electron chi connectivity index (χ0n) is 14.8. The van der Waals surface area contributed by atoms with Gasteiger partial charge < -0.3 is 14.8 Å². The molecule has 1 N–H and O–H groups in total. The highest BCUT2D eigenvalue weighted by molar-refractivity contribution is 5.88. The number of hydrogen-bond donors (Lipinski definition) is 1. The highest BCUT2D eigenvalue weighted by Crippen LogP contribution is 2.33. The van der Waals surface area contributed by atoms with Crippen molar-refractivity contribution in [1.82, 2.24) is 10.3 Å². The summed E-state index contributed by atoms with van der Waals surface area (Å²) >= 11 is 0. The van der Waals surface area contributed by atoms with Crippen molar-refractivity contribution in [1.29, 1.82) is 0 Å². The number of rotatable bonds is 5. The van der Waals surface area contributed by atoms with Crippen molar-refractivity contribution in [2.75, 3.05) is 13.7 Å². The minimum atomic E-state index is -1.02. The van der Waals surface area contributed by atoms with Gasteiger partial charge in [0.2, 0.25) is 5.91 Å². The Kier molecular flexibility index (Phi) is 5.59. The van der Waals surface area contributed by atoms with Gasteiger partial charge >= 0.3 is 5.97 Å². The molecule has 1 saturated heterocycles. The number of aryl methyl sites for hydroxylation is 2. The minimum Gasteiger partial charge on any atom is -0.467 e. The maximum absolute atomic E-state index is 12.4. The van der Waals surface area contributed by atoms with Crippen LogP contribution < -0.4 is 5.32 Å². The lowest BCUT2D eigenvalue weighted by atomic mass is 9.81. The van der Waals surface area contributed by atoms with Gasteiger partial charge in [0.25, 0.3) is 0 Å². The van der Waals surface area contributed by atoms with Gasteiger partial charge in [-0.2, -0.15) is 0 Å². The van der Waals surface area contributed by atoms with Crippen LogP contribution >= 0.6 is 0 Å². The summed E-state index contributed by atoms with van der Waals surface area (Å²) in [5.74, 6) is -0.593. The molecule has 24 heavy (non-hydrogen) atoms. The smallest absolute Gasteiger partial charge is 0.331 e. The lowest BCUT2D eigenvalue weighted by Crippen LogP contribution is -2.61. The summed E-state index contributed by atoms with van der Waals surface area (Å²) in [4.78, 5) is 29.1. The Morgan fingerprint density at radius 2 is 2.17 bits per heavy atom. The zero-order chi connectivity index (χ0) is 17.8. The predicted octanol–water partition coefficient (Wildman–Crippen LogP) is 1.94. The molecule has 1 unspecified atom stereocenters. The fourth-order valence-corrected chi connectivity index (χ4v) is 3.24. The van der Waals surface area contributed by atoms with Crippen LogP contribution in [0.3, 0.4) is 0 Å². The average molecular weight is 334 g/mol. The Hall–Kier alpha value is -1.95. The number of esters is 1. The third kappa shape index (κ3) is 4.32. The fraction of sp³-hybridized carbons (Fsp3) is 0.611. The van der Waals surface area contributed by atoms with E-state index in [1.54, 1.807) is 6.20 Å². The van der Waals surface area contributed by atoms with Gasteiger partial charge in [-0.1, -0.05) is 6.07 Å². The molecular weight excluding hydrogens is 308 g/mol. The first kappa shape index (κ1) is 18.4. The van der Waals surface area contributed by atoms with Crippen molar-refractivity contribution in [2.24, 2.45) is 0 Å². The topological polar surface area (TPSA) is 77.5 Å². The molecule has 0 bridgehead atoms. The summed E-state index contributed by atoms with van der Waals surface area (Å²) < 4.78 is 10.6. The zero-order valence-corrected chi connectivity index (χ0v) is 14.8. The maximum Gasteiger partial charge on any atom is 0.331 e. The first-order valence-electron chi connectivity index (χ1n) is 8.22. The number of carbonyl (C=O) groups excluding carboxylic acids is 2. The van der Waals surface area contributed by atoms with Gasteiger partial charge in [0.15, 0.2) is 0 Å². The molecule has 1 aromatic heterocycles. The van der Waals surface area contributed by atoms with Crippen molar-refractivity contribution in [3.8, 4) is 0 Å². The van der Waals surface area contributed by atoms with E-state index < -0.39 is 17.1 Å². The van der Waals surface area contributed by atoms with Crippen molar-refractivity contribution in [3.05, 3.63) is 29.6 Å². The van der Waals surface area contributed by atoms with E-state index >= 15 is 0 Å². The van der Waals surface area contributed by atoms with Crippen LogP contribution in [-0.2, 0) is 25.5 Å². The molecule has 1 amide bonds. The summed E-state index contributed by atoms with van der Waals surface area (Å²) in [6.07, 6.45) is 3.34. The Balaban J connectivity index is 2.05. The molecule has 0 saturated carbocycles. The number of nitrogens with one attached hydrogen (secondary N) is 1. The van der Waals surface area contributed by atoms with E-state index in [4.69, 9.17) is 9.47 Å². The molecule has 1 aliphatic rings. The summed E-state index contributed by atoms with van der Waals surface area (Å²) in [5.41, 5.74) is 0.441. The summed E-state index contributed by atoms with van der Waals surface area (Å²) in [6.45, 7) is 6.19. The molecule has 0 radical (unpaired) electrons. The Labute approximate surface area is 142 Å². The van der Waals surface area contributed by atoms with Crippen molar-refractivity contribution in [2.45, 2.75) is 57.6 Å². The van der Waals surface area contributed by atoms with E-state index in [1.165, 1.54) is 7.11 Å². The van der Waals surface area contributed by atoms with Gasteiger partial charge in [-0.15, -0.1) is 0 Å². The number of aromatic nitrogens is 1. The Bertz CT molecular complexity index is 615. The van der Waals surface area contributed by atoms with Crippen LogP contribution in [0.4, 0.5) is 0 Å². The van der Waals surface area contributed by atoms with Crippen molar-refractivity contribution >= 4 is 11.9 Å². The third-order valence-corrected chi connectivity index (χ3v) is 4.41. The quantitative estimate of drug-likeness (QED) is 0.833. The molecular formula is C18H26N2O4. The van der Waals surface area contributed by atoms with E-state index in [9.17, 15) is 9.59 Å². The molecule has 6 heteroatoms. The van der Waals surface area contributed by atoms with Crippen LogP contribution in [-0.4, -0.2) is 41.7 Å². The van der Waals surface area contributed by atoms with Gasteiger partial charge in [0.1, 0.15) is 5.54 Å². The van der Waals surface area contributed by atoms with E-state index in [0.29, 0.717) is 25.9 Å². The van der Waals surface area contributed by atoms with Crippen molar-refractivity contribution < 1.29 is 19.1 Å². The maximum atomic E-state index is 12.4. The molecule has 0 spiro atoms. The largest absolute Gasteiger partial charge is 0.467 e. The van der Waals surface area contributed by atoms with Gasteiger partial charge in [-0.25, -0.2) is 4.79 Å². The molecule has 0 aliphatic carbocycles. The Morgan fingerprint density at radius 3 is 2.79 bits per heavy atom. The van der Waals surface area contributed by atoms with Crippen LogP contribution in [0, 0.1) is 6.92 Å². The van der Waals surface area contributed by atoms with E-state index in [0.717, 1.165) is 11.3 Å². The van der Waals surface area contributed by atoms with Crippen LogP contribution in [0.15, 0.2) is 18.3 Å². The van der Waals surface area contributed by atoms with E-state index in [2.05, 4.69) is 10.3 Å². The van der Waals surface area contributed by atoms with Gasteiger partial charge in [0, 0.05) is 31.2 Å². The number of methoxy groups -OCH3 is 1. The van der Waals surface area contributed by atoms with E-state index in [-0.39, 0.29) is 12.3 Å². The van der Waals surface area contributed by atoms with Gasteiger partial charge in [-0.05, 0) is 38.8 Å². The number of nitrogens with zero attached hydrogens (tertiary/aromatic N) is 1. The summed E-state index contributed by atoms with van der Waals surface area (Å²) in [6, 6.07) is 3.84. The van der Waals surface area contributed by atoms with Crippen LogP contribution in [0.25, 0.3) is 0 Å². The number of carbonyl (C=O) groups is 2. The number of amides is 1. The molecule has 2 rings (SSSR count). The normalized spacial score (nSPS) is 22.7. The predicted molar refractivity (Wildman–Crippen MR) is 89.4 cm³/mol. The monoisotopic (exact) mass is 334 g/mol. The molecule has 1 atom stereocenters. The lowest BCUT2D eigenvalue weighted by molar-refractivity contribution is -0.164. The SMILES string of the molecule is COC(=O)C1(NC(=O)CCc2ncccc2C)CCOC(C)(C)C1. The first-order chi connectivity index (χ1) is 11.3. The lowest BCUT2D eigenvalue weighted by Gasteiger charge is -2.43. The number of ether oxygens (including phenoxy) is 2. The second kappa shape index (κ2) is 7.30. The molecule has 0 aromatic carbocycles. The Morgan fingerprint density at radius 1 is 1.42 bits per heavy atom. The van der Waals surface area contributed by atoms with Crippen LogP contribution in [0.2, 0.25) is 0 Å². The molecule has 1 fully saturated rings. The first-order valence-corrected chi connectivity index (χ1v) is 8.22. The fourth-order valence-electron chi connectivity index (χ4n) is 3.24. The standard InChI is InChI=1S/C18H26N2O4/c1-13-6-5-10-19-14(13)7-8-15(21)20-18(16(22)23-4)9-11-24-17(2,3)12-18/h5-6,10H,7-9,11-12H2,1-4H3,(H,20,21). The van der Waals surface area contributed by atoms with Crippen LogP contribution in [0.1, 0.15) is 44.4 Å². The molecule has 2 heterocycles. The minimum absolute atomic E-state index is 0.178. The summed E-state index contributed by atoms with van der Waals surface area (Å²) in [5, 5.41) is 2.91. The van der Waals surface area contributed by atoms with Crippen LogP contribution in [0.5, 0.6) is 0 Å². The second-order valence-corrected chi connectivity index (χ2v) is 6.92. The highest BCUT2D eigenvalue weighted by atomic mass is 16.5. The molecule has 1 aromatic rings.